The first-order chi connectivity index (χ1) is 6.09. The Balaban J connectivity index is 2.37. The molecule has 13 heavy (non-hydrogen) atoms. The Labute approximate surface area is 76.7 Å². The first-order valence-corrected chi connectivity index (χ1v) is 4.34. The van der Waals surface area contributed by atoms with Gasteiger partial charge in [0.15, 0.2) is 0 Å². The molecule has 1 heterocycles. The first kappa shape index (κ1) is 9.83. The monoisotopic (exact) mass is 186 g/mol. The number of carbonyl (C=O) groups excluding carboxylic acids is 1. The fraction of sp³-hybridized carbons (Fsp3) is 0.750. The van der Waals surface area contributed by atoms with Crippen LogP contribution in [0.15, 0.2) is 0 Å². The van der Waals surface area contributed by atoms with E-state index in [2.05, 4.69) is 5.32 Å². The standard InChI is InChI=1S/C8H14N2O3/c1-6-4-9-8(13)10(5-6)3-2-7(11)12/h6H,2-5H2,1H3,(H,9,13)(H,11,12). The smallest absolute Gasteiger partial charge is 0.317 e. The summed E-state index contributed by atoms with van der Waals surface area (Å²) in [6.07, 6.45) is 0.0140. The van der Waals surface area contributed by atoms with Gasteiger partial charge in [-0.3, -0.25) is 4.79 Å². The molecule has 1 atom stereocenters. The molecule has 5 nitrogen and oxygen atoms in total. The van der Waals surface area contributed by atoms with Crippen LogP contribution in [0.1, 0.15) is 13.3 Å². The van der Waals surface area contributed by atoms with Gasteiger partial charge in [-0.15, -0.1) is 0 Å². The lowest BCUT2D eigenvalue weighted by Crippen LogP contribution is -2.50. The Morgan fingerprint density at radius 1 is 1.77 bits per heavy atom. The van der Waals surface area contributed by atoms with Crippen LogP contribution in [0.5, 0.6) is 0 Å². The minimum Gasteiger partial charge on any atom is -0.481 e. The topological polar surface area (TPSA) is 69.6 Å². The second-order valence-corrected chi connectivity index (χ2v) is 3.38. The number of carboxylic acid groups (broad SMARTS) is 1. The van der Waals surface area contributed by atoms with Gasteiger partial charge in [0.25, 0.3) is 0 Å². The maximum Gasteiger partial charge on any atom is 0.317 e. The average Bonchev–Trinajstić information content (AvgIpc) is 2.06. The number of carboxylic acids is 1. The number of nitrogens with one attached hydrogen (secondary N) is 1. The molecule has 1 rings (SSSR count). The molecule has 0 spiro atoms. The van der Waals surface area contributed by atoms with Gasteiger partial charge in [0, 0.05) is 19.6 Å². The molecule has 0 bridgehead atoms. The molecule has 2 N–H and O–H groups in total. The lowest BCUT2D eigenvalue weighted by molar-refractivity contribution is -0.137. The highest BCUT2D eigenvalue weighted by Gasteiger charge is 2.22. The van der Waals surface area contributed by atoms with Gasteiger partial charge in [-0.05, 0) is 5.92 Å². The average molecular weight is 186 g/mol. The summed E-state index contributed by atoms with van der Waals surface area (Å²) in [4.78, 5) is 23.0. The highest BCUT2D eigenvalue weighted by molar-refractivity contribution is 5.76. The van der Waals surface area contributed by atoms with E-state index >= 15 is 0 Å². The van der Waals surface area contributed by atoms with Gasteiger partial charge in [0.1, 0.15) is 0 Å². The van der Waals surface area contributed by atoms with Gasteiger partial charge in [-0.25, -0.2) is 4.79 Å². The van der Waals surface area contributed by atoms with E-state index < -0.39 is 5.97 Å². The molecule has 0 radical (unpaired) electrons. The van der Waals surface area contributed by atoms with Crippen LogP contribution in [0.3, 0.4) is 0 Å². The Bertz CT molecular complexity index is 217. The van der Waals surface area contributed by atoms with Crippen LogP contribution in [0.2, 0.25) is 0 Å². The SMILES string of the molecule is CC1CNC(=O)N(CCC(=O)O)C1. The van der Waals surface area contributed by atoms with E-state index in [0.717, 1.165) is 0 Å². The van der Waals surface area contributed by atoms with E-state index in [1.165, 1.54) is 0 Å². The van der Waals surface area contributed by atoms with Crippen LogP contribution in [-0.2, 0) is 4.79 Å². The van der Waals surface area contributed by atoms with Crippen molar-refractivity contribution in [1.29, 1.82) is 0 Å². The summed E-state index contributed by atoms with van der Waals surface area (Å²) < 4.78 is 0. The number of carbonyl (C=O) groups is 2. The highest BCUT2D eigenvalue weighted by Crippen LogP contribution is 2.05. The maximum atomic E-state index is 11.2. The van der Waals surface area contributed by atoms with Crippen LogP contribution in [0, 0.1) is 5.92 Å². The van der Waals surface area contributed by atoms with E-state index in [-0.39, 0.29) is 12.5 Å². The second kappa shape index (κ2) is 4.11. The molecule has 0 aromatic carbocycles. The van der Waals surface area contributed by atoms with E-state index in [4.69, 9.17) is 5.11 Å². The van der Waals surface area contributed by atoms with Crippen molar-refractivity contribution in [3.8, 4) is 0 Å². The molecular weight excluding hydrogens is 172 g/mol. The van der Waals surface area contributed by atoms with E-state index in [1.807, 2.05) is 6.92 Å². The highest BCUT2D eigenvalue weighted by atomic mass is 16.4. The van der Waals surface area contributed by atoms with Crippen molar-refractivity contribution >= 4 is 12.0 Å². The van der Waals surface area contributed by atoms with Gasteiger partial charge in [-0.2, -0.15) is 0 Å². The number of hydrogen-bond acceptors (Lipinski definition) is 2. The van der Waals surface area contributed by atoms with Gasteiger partial charge in [0.2, 0.25) is 0 Å². The summed E-state index contributed by atoms with van der Waals surface area (Å²) in [6, 6.07) is -0.153. The van der Waals surface area contributed by atoms with E-state index in [1.54, 1.807) is 4.90 Å². The Kier molecular flexibility index (Phi) is 3.11. The normalized spacial score (nSPS) is 22.7. The van der Waals surface area contributed by atoms with E-state index in [0.29, 0.717) is 25.6 Å². The van der Waals surface area contributed by atoms with Crippen molar-refractivity contribution in [3.05, 3.63) is 0 Å². The zero-order valence-electron chi connectivity index (χ0n) is 7.62. The summed E-state index contributed by atoms with van der Waals surface area (Å²) in [5.74, 6) is -0.475. The summed E-state index contributed by atoms with van der Waals surface area (Å²) >= 11 is 0. The molecule has 74 valence electrons. The molecule has 2 amide bonds. The third kappa shape index (κ3) is 2.93. The predicted octanol–water partition coefficient (Wildman–Crippen LogP) is 0.122. The number of hydrogen-bond donors (Lipinski definition) is 2. The molecule has 1 aliphatic rings. The molecule has 0 aromatic heterocycles. The fourth-order valence-electron chi connectivity index (χ4n) is 1.32. The van der Waals surface area contributed by atoms with Crippen molar-refractivity contribution in [2.24, 2.45) is 5.92 Å². The largest absolute Gasteiger partial charge is 0.481 e. The van der Waals surface area contributed by atoms with Crippen LogP contribution >= 0.6 is 0 Å². The molecule has 1 unspecified atom stereocenters. The third-order valence-electron chi connectivity index (χ3n) is 2.02. The van der Waals surface area contributed by atoms with Crippen LogP contribution in [0.4, 0.5) is 4.79 Å². The van der Waals surface area contributed by atoms with Gasteiger partial charge in [-0.1, -0.05) is 6.92 Å². The molecule has 1 aliphatic heterocycles. The number of aliphatic carboxylic acids is 1. The van der Waals surface area contributed by atoms with Crippen molar-refractivity contribution in [2.75, 3.05) is 19.6 Å². The summed E-state index contributed by atoms with van der Waals surface area (Å²) in [5, 5.41) is 11.1. The molecule has 1 fully saturated rings. The van der Waals surface area contributed by atoms with Crippen LogP contribution in [-0.4, -0.2) is 41.6 Å². The molecule has 1 saturated heterocycles. The summed E-state index contributed by atoms with van der Waals surface area (Å²) in [7, 11) is 0. The summed E-state index contributed by atoms with van der Waals surface area (Å²) in [5.41, 5.74) is 0. The van der Waals surface area contributed by atoms with Crippen LogP contribution < -0.4 is 5.32 Å². The fourth-order valence-corrected chi connectivity index (χ4v) is 1.32. The van der Waals surface area contributed by atoms with Gasteiger partial charge in [0.05, 0.1) is 6.42 Å². The third-order valence-corrected chi connectivity index (χ3v) is 2.02. The van der Waals surface area contributed by atoms with Crippen molar-refractivity contribution < 1.29 is 14.7 Å². The maximum absolute atomic E-state index is 11.2. The predicted molar refractivity (Wildman–Crippen MR) is 46.4 cm³/mol. The molecule has 5 heteroatoms. The minimum absolute atomic E-state index is 0.0140. The van der Waals surface area contributed by atoms with Crippen molar-refractivity contribution in [1.82, 2.24) is 10.2 Å². The number of urea groups is 1. The lowest BCUT2D eigenvalue weighted by Gasteiger charge is -2.31. The van der Waals surface area contributed by atoms with Gasteiger partial charge < -0.3 is 15.3 Å². The van der Waals surface area contributed by atoms with E-state index in [9.17, 15) is 9.59 Å². The Hall–Kier alpha value is -1.26. The van der Waals surface area contributed by atoms with Crippen molar-refractivity contribution in [3.63, 3.8) is 0 Å². The second-order valence-electron chi connectivity index (χ2n) is 3.38. The first-order valence-electron chi connectivity index (χ1n) is 4.34. The molecule has 0 aliphatic carbocycles. The molecule has 0 saturated carbocycles. The zero-order chi connectivity index (χ0) is 9.84. The van der Waals surface area contributed by atoms with Gasteiger partial charge >= 0.3 is 12.0 Å². The number of rotatable bonds is 3. The summed E-state index contributed by atoms with van der Waals surface area (Å²) in [6.45, 7) is 3.65. The Morgan fingerprint density at radius 2 is 2.46 bits per heavy atom. The number of amides is 2. The quantitative estimate of drug-likeness (QED) is 0.657. The zero-order valence-corrected chi connectivity index (χ0v) is 7.62. The molecular formula is C8H14N2O3. The molecule has 0 aromatic rings. The van der Waals surface area contributed by atoms with Crippen molar-refractivity contribution in [2.45, 2.75) is 13.3 Å². The van der Waals surface area contributed by atoms with Crippen LogP contribution in [0.25, 0.3) is 0 Å². The lowest BCUT2D eigenvalue weighted by atomic mass is 10.1. The Morgan fingerprint density at radius 3 is 3.08 bits per heavy atom. The number of nitrogens with zero attached hydrogens (tertiary/aromatic N) is 1. The minimum atomic E-state index is -0.869.